The number of carbonyl (C=O) groups excluding carboxylic acids is 3. The number of likely N-dealkylation sites (tertiary alicyclic amines) is 1. The van der Waals surface area contributed by atoms with Crippen LogP contribution in [0.2, 0.25) is 0 Å². The molecule has 7 nitrogen and oxygen atoms in total. The van der Waals surface area contributed by atoms with Crippen LogP contribution < -0.4 is 10.6 Å². The second-order valence-electron chi connectivity index (χ2n) is 9.48. The van der Waals surface area contributed by atoms with Crippen molar-refractivity contribution in [2.75, 3.05) is 23.7 Å². The summed E-state index contributed by atoms with van der Waals surface area (Å²) >= 11 is 0. The Hall–Kier alpha value is -3.35. The molecule has 0 bridgehead atoms. The predicted molar refractivity (Wildman–Crippen MR) is 129 cm³/mol. The number of hydrogen-bond donors (Lipinski definition) is 2. The van der Waals surface area contributed by atoms with Crippen LogP contribution in [0, 0.1) is 5.92 Å². The Morgan fingerprint density at radius 3 is 2.24 bits per heavy atom. The minimum atomic E-state index is -0.937. The highest BCUT2D eigenvalue weighted by atomic mass is 16.5. The minimum Gasteiger partial charge on any atom is -0.452 e. The topological polar surface area (TPSA) is 87.7 Å². The van der Waals surface area contributed by atoms with Crippen molar-refractivity contribution >= 4 is 29.3 Å². The van der Waals surface area contributed by atoms with E-state index >= 15 is 0 Å². The van der Waals surface area contributed by atoms with Gasteiger partial charge in [0.2, 0.25) is 0 Å². The highest BCUT2D eigenvalue weighted by Crippen LogP contribution is 2.24. The normalized spacial score (nSPS) is 17.1. The van der Waals surface area contributed by atoms with E-state index in [2.05, 4.69) is 31.4 Å². The van der Waals surface area contributed by atoms with E-state index < -0.39 is 18.0 Å². The largest absolute Gasteiger partial charge is 0.452 e. The first-order valence-electron chi connectivity index (χ1n) is 11.4. The van der Waals surface area contributed by atoms with Crippen molar-refractivity contribution in [3.8, 4) is 0 Å². The van der Waals surface area contributed by atoms with Gasteiger partial charge in [-0.25, -0.2) is 4.79 Å². The summed E-state index contributed by atoms with van der Waals surface area (Å²) in [7, 11) is 0. The van der Waals surface area contributed by atoms with Gasteiger partial charge in [-0.2, -0.15) is 0 Å². The Balaban J connectivity index is 1.51. The summed E-state index contributed by atoms with van der Waals surface area (Å²) < 4.78 is 5.44. The molecule has 0 spiro atoms. The van der Waals surface area contributed by atoms with E-state index in [1.54, 1.807) is 11.8 Å². The van der Waals surface area contributed by atoms with E-state index in [9.17, 15) is 14.4 Å². The van der Waals surface area contributed by atoms with E-state index in [0.29, 0.717) is 30.8 Å². The summed E-state index contributed by atoms with van der Waals surface area (Å²) in [5.74, 6) is -1.30. The third-order valence-corrected chi connectivity index (χ3v) is 5.75. The van der Waals surface area contributed by atoms with Crippen LogP contribution in [0.1, 0.15) is 46.1 Å². The summed E-state index contributed by atoms with van der Waals surface area (Å²) in [6.45, 7) is 8.77. The number of anilines is 2. The predicted octanol–water partition coefficient (Wildman–Crippen LogP) is 4.80. The molecule has 1 heterocycles. The maximum atomic E-state index is 12.7. The minimum absolute atomic E-state index is 0.0250. The molecule has 1 fully saturated rings. The number of rotatable bonds is 5. The first-order chi connectivity index (χ1) is 15.6. The van der Waals surface area contributed by atoms with Gasteiger partial charge in [-0.05, 0) is 55.0 Å². The van der Waals surface area contributed by atoms with Crippen LogP contribution in [-0.4, -0.2) is 42.0 Å². The molecule has 0 radical (unpaired) electrons. The van der Waals surface area contributed by atoms with Gasteiger partial charge in [-0.15, -0.1) is 0 Å². The third kappa shape index (κ3) is 6.81. The van der Waals surface area contributed by atoms with Crippen LogP contribution in [0.4, 0.5) is 16.2 Å². The van der Waals surface area contributed by atoms with Crippen molar-refractivity contribution in [3.63, 3.8) is 0 Å². The molecular weight excluding hydrogens is 418 g/mol. The van der Waals surface area contributed by atoms with Crippen molar-refractivity contribution in [2.45, 2.75) is 52.1 Å². The molecule has 2 N–H and O–H groups in total. The molecule has 2 atom stereocenters. The molecule has 3 amide bonds. The number of piperidine rings is 1. The number of urea groups is 1. The molecule has 0 aromatic heterocycles. The van der Waals surface area contributed by atoms with Gasteiger partial charge in [0.25, 0.3) is 5.91 Å². The number of nitrogens with one attached hydrogen (secondary N) is 2. The Morgan fingerprint density at radius 1 is 0.970 bits per heavy atom. The van der Waals surface area contributed by atoms with Crippen molar-refractivity contribution in [3.05, 3.63) is 60.2 Å². The lowest BCUT2D eigenvalue weighted by Gasteiger charge is -2.32. The van der Waals surface area contributed by atoms with Crippen LogP contribution in [0.15, 0.2) is 54.6 Å². The molecule has 0 saturated carbocycles. The lowest BCUT2D eigenvalue weighted by molar-refractivity contribution is -0.158. The Labute approximate surface area is 195 Å². The molecule has 2 aromatic carbocycles. The van der Waals surface area contributed by atoms with Gasteiger partial charge in [-0.3, -0.25) is 9.59 Å². The second-order valence-corrected chi connectivity index (χ2v) is 9.48. The number of amides is 3. The molecule has 1 saturated heterocycles. The molecule has 3 rings (SSSR count). The van der Waals surface area contributed by atoms with Crippen molar-refractivity contribution < 1.29 is 19.1 Å². The number of carbonyl (C=O) groups is 3. The van der Waals surface area contributed by atoms with Crippen LogP contribution in [-0.2, 0) is 19.7 Å². The first-order valence-corrected chi connectivity index (χ1v) is 11.4. The van der Waals surface area contributed by atoms with E-state index in [-0.39, 0.29) is 23.9 Å². The molecule has 33 heavy (non-hydrogen) atoms. The maximum Gasteiger partial charge on any atom is 0.321 e. The van der Waals surface area contributed by atoms with Gasteiger partial charge in [-0.1, -0.05) is 51.1 Å². The van der Waals surface area contributed by atoms with Gasteiger partial charge in [0.1, 0.15) is 0 Å². The summed E-state index contributed by atoms with van der Waals surface area (Å²) in [6, 6.07) is 16.6. The highest BCUT2D eigenvalue weighted by molar-refractivity contribution is 5.95. The lowest BCUT2D eigenvalue weighted by atomic mass is 9.87. The summed E-state index contributed by atoms with van der Waals surface area (Å²) in [4.78, 5) is 39.4. The first kappa shape index (κ1) is 24.3. The van der Waals surface area contributed by atoms with Gasteiger partial charge < -0.3 is 20.3 Å². The maximum absolute atomic E-state index is 12.7. The Kier molecular flexibility index (Phi) is 7.74. The number of ether oxygens (including phenoxy) is 1. The Morgan fingerprint density at radius 2 is 1.61 bits per heavy atom. The number of para-hydroxylation sites is 1. The Bertz CT molecular complexity index is 967. The number of benzene rings is 2. The van der Waals surface area contributed by atoms with Gasteiger partial charge in [0, 0.05) is 24.5 Å². The van der Waals surface area contributed by atoms with Gasteiger partial charge in [0.05, 0.1) is 5.92 Å². The van der Waals surface area contributed by atoms with E-state index in [1.165, 1.54) is 0 Å². The molecular formula is C26H33N3O4. The van der Waals surface area contributed by atoms with Crippen LogP contribution in [0.25, 0.3) is 0 Å². The zero-order valence-electron chi connectivity index (χ0n) is 19.8. The molecule has 176 valence electrons. The zero-order valence-corrected chi connectivity index (χ0v) is 19.8. The SMILES string of the molecule is CC(OC(=O)C1CCCN(C(=O)Nc2ccccc2)C1)C(=O)Nc1ccc(C(C)(C)C)cc1. The fraction of sp³-hybridized carbons (Fsp3) is 0.423. The van der Waals surface area contributed by atoms with E-state index in [4.69, 9.17) is 4.74 Å². The fourth-order valence-corrected chi connectivity index (χ4v) is 3.70. The summed E-state index contributed by atoms with van der Waals surface area (Å²) in [5.41, 5.74) is 2.54. The van der Waals surface area contributed by atoms with Gasteiger partial charge in [0.15, 0.2) is 6.10 Å². The highest BCUT2D eigenvalue weighted by Gasteiger charge is 2.31. The number of nitrogens with zero attached hydrogens (tertiary/aromatic N) is 1. The van der Waals surface area contributed by atoms with E-state index in [0.717, 1.165) is 5.56 Å². The summed E-state index contributed by atoms with van der Waals surface area (Å²) in [6.07, 6.45) is 0.382. The van der Waals surface area contributed by atoms with E-state index in [1.807, 2.05) is 54.6 Å². The molecule has 2 aromatic rings. The average Bonchev–Trinajstić information content (AvgIpc) is 2.79. The smallest absolute Gasteiger partial charge is 0.321 e. The third-order valence-electron chi connectivity index (χ3n) is 5.75. The van der Waals surface area contributed by atoms with Crippen molar-refractivity contribution in [1.82, 2.24) is 4.90 Å². The quantitative estimate of drug-likeness (QED) is 0.640. The molecule has 1 aliphatic heterocycles. The molecule has 7 heteroatoms. The number of hydrogen-bond acceptors (Lipinski definition) is 4. The molecule has 0 aliphatic carbocycles. The summed E-state index contributed by atoms with van der Waals surface area (Å²) in [5, 5.41) is 5.63. The zero-order chi connectivity index (χ0) is 24.0. The fourth-order valence-electron chi connectivity index (χ4n) is 3.70. The van der Waals surface area contributed by atoms with Crippen LogP contribution in [0.3, 0.4) is 0 Å². The standard InChI is InChI=1S/C26H33N3O4/c1-18(23(30)27-22-14-12-20(13-15-22)26(2,3)4)33-24(31)19-9-8-16-29(17-19)25(32)28-21-10-6-5-7-11-21/h5-7,10-15,18-19H,8-9,16-17H2,1-4H3,(H,27,30)(H,28,32). The van der Waals surface area contributed by atoms with Crippen LogP contribution >= 0.6 is 0 Å². The van der Waals surface area contributed by atoms with Gasteiger partial charge >= 0.3 is 12.0 Å². The second kappa shape index (κ2) is 10.5. The van der Waals surface area contributed by atoms with Crippen molar-refractivity contribution in [2.24, 2.45) is 5.92 Å². The molecule has 1 aliphatic rings. The lowest BCUT2D eigenvalue weighted by Crippen LogP contribution is -2.45. The monoisotopic (exact) mass is 451 g/mol. The number of esters is 1. The molecule has 2 unspecified atom stereocenters. The average molecular weight is 452 g/mol. The van der Waals surface area contributed by atoms with Crippen LogP contribution in [0.5, 0.6) is 0 Å². The van der Waals surface area contributed by atoms with Crippen molar-refractivity contribution in [1.29, 1.82) is 0 Å².